The lowest BCUT2D eigenvalue weighted by Gasteiger charge is -2.14. The molecule has 6 nitrogen and oxygen atoms in total. The Labute approximate surface area is 147 Å². The summed E-state index contributed by atoms with van der Waals surface area (Å²) in [5.74, 6) is 0.915. The molecule has 0 radical (unpaired) electrons. The van der Waals surface area contributed by atoms with Crippen LogP contribution in [0.2, 0.25) is 0 Å². The van der Waals surface area contributed by atoms with Crippen molar-refractivity contribution in [1.29, 1.82) is 0 Å². The predicted octanol–water partition coefficient (Wildman–Crippen LogP) is 3.71. The van der Waals surface area contributed by atoms with Gasteiger partial charge in [0.05, 0.1) is 31.8 Å². The quantitative estimate of drug-likeness (QED) is 0.838. The van der Waals surface area contributed by atoms with E-state index in [4.69, 9.17) is 9.47 Å². The van der Waals surface area contributed by atoms with Crippen molar-refractivity contribution in [3.63, 3.8) is 0 Å². The number of ether oxygens (including phenoxy) is 2. The minimum atomic E-state index is -0.282. The molecule has 1 fully saturated rings. The Hall–Kier alpha value is -2.76. The van der Waals surface area contributed by atoms with Gasteiger partial charge < -0.3 is 20.1 Å². The van der Waals surface area contributed by atoms with Gasteiger partial charge in [-0.15, -0.1) is 0 Å². The fourth-order valence-electron chi connectivity index (χ4n) is 3.01. The molecule has 1 saturated carbocycles. The maximum atomic E-state index is 12.4. The highest BCUT2D eigenvalue weighted by atomic mass is 16.5. The number of carbonyl (C=O) groups is 1. The number of hydrogen-bond acceptors (Lipinski definition) is 5. The van der Waals surface area contributed by atoms with Crippen LogP contribution in [0.3, 0.4) is 0 Å². The topological polar surface area (TPSA) is 72.5 Å². The first-order valence-corrected chi connectivity index (χ1v) is 8.45. The van der Waals surface area contributed by atoms with Crippen molar-refractivity contribution >= 4 is 17.3 Å². The van der Waals surface area contributed by atoms with Crippen molar-refractivity contribution in [2.24, 2.45) is 0 Å². The molecule has 0 spiro atoms. The smallest absolute Gasteiger partial charge is 0.274 e. The van der Waals surface area contributed by atoms with E-state index in [1.165, 1.54) is 25.7 Å². The summed E-state index contributed by atoms with van der Waals surface area (Å²) >= 11 is 0. The van der Waals surface area contributed by atoms with E-state index in [1.54, 1.807) is 44.7 Å². The standard InChI is InChI=1S/C19H23N3O3/c1-24-15-8-10-16(18(11-15)25-2)22-19(23)17-9-7-14(12-20-17)21-13-5-3-4-6-13/h7-13,21H,3-6H2,1-2H3,(H,22,23). The number of benzene rings is 1. The zero-order chi connectivity index (χ0) is 17.6. The maximum absolute atomic E-state index is 12.4. The molecule has 1 aromatic heterocycles. The molecule has 2 aromatic rings. The summed E-state index contributed by atoms with van der Waals surface area (Å²) in [6.07, 6.45) is 6.64. The number of anilines is 2. The van der Waals surface area contributed by atoms with E-state index in [0.29, 0.717) is 28.9 Å². The van der Waals surface area contributed by atoms with Gasteiger partial charge >= 0.3 is 0 Å². The molecule has 132 valence electrons. The Balaban J connectivity index is 1.66. The monoisotopic (exact) mass is 341 g/mol. The van der Waals surface area contributed by atoms with E-state index < -0.39 is 0 Å². The Morgan fingerprint density at radius 2 is 1.92 bits per heavy atom. The molecule has 2 N–H and O–H groups in total. The second kappa shape index (κ2) is 7.88. The summed E-state index contributed by atoms with van der Waals surface area (Å²) in [6.45, 7) is 0. The van der Waals surface area contributed by atoms with Crippen molar-refractivity contribution in [3.05, 3.63) is 42.2 Å². The summed E-state index contributed by atoms with van der Waals surface area (Å²) in [7, 11) is 3.13. The van der Waals surface area contributed by atoms with Gasteiger partial charge in [-0.2, -0.15) is 0 Å². The summed E-state index contributed by atoms with van der Waals surface area (Å²) < 4.78 is 10.4. The lowest BCUT2D eigenvalue weighted by Crippen LogP contribution is -2.16. The highest BCUT2D eigenvalue weighted by molar-refractivity contribution is 6.03. The van der Waals surface area contributed by atoms with E-state index in [0.717, 1.165) is 5.69 Å². The van der Waals surface area contributed by atoms with E-state index in [-0.39, 0.29) is 5.91 Å². The van der Waals surface area contributed by atoms with Crippen molar-refractivity contribution in [1.82, 2.24) is 4.98 Å². The lowest BCUT2D eigenvalue weighted by atomic mass is 10.2. The van der Waals surface area contributed by atoms with Crippen LogP contribution in [-0.4, -0.2) is 31.2 Å². The highest BCUT2D eigenvalue weighted by Crippen LogP contribution is 2.29. The third-order valence-electron chi connectivity index (χ3n) is 4.38. The van der Waals surface area contributed by atoms with E-state index in [2.05, 4.69) is 15.6 Å². The zero-order valence-corrected chi connectivity index (χ0v) is 14.5. The molecule has 0 atom stereocenters. The lowest BCUT2D eigenvalue weighted by molar-refractivity contribution is 0.102. The molecule has 1 aromatic carbocycles. The van der Waals surface area contributed by atoms with Gasteiger partial charge in [-0.3, -0.25) is 4.79 Å². The molecule has 0 bridgehead atoms. The molecule has 0 saturated heterocycles. The molecule has 25 heavy (non-hydrogen) atoms. The number of amides is 1. The van der Waals surface area contributed by atoms with E-state index in [9.17, 15) is 4.79 Å². The number of hydrogen-bond donors (Lipinski definition) is 2. The SMILES string of the molecule is COc1ccc(NC(=O)c2ccc(NC3CCCC3)cn2)c(OC)c1. The van der Waals surface area contributed by atoms with Gasteiger partial charge in [-0.25, -0.2) is 4.98 Å². The van der Waals surface area contributed by atoms with Crippen molar-refractivity contribution in [2.45, 2.75) is 31.7 Å². The average molecular weight is 341 g/mol. The van der Waals surface area contributed by atoms with Gasteiger partial charge in [0.15, 0.2) is 0 Å². The van der Waals surface area contributed by atoms with Crippen LogP contribution in [0.15, 0.2) is 36.5 Å². The van der Waals surface area contributed by atoms with E-state index >= 15 is 0 Å². The number of aromatic nitrogens is 1. The Kier molecular flexibility index (Phi) is 5.38. The molecule has 1 aliphatic carbocycles. The minimum absolute atomic E-state index is 0.282. The summed E-state index contributed by atoms with van der Waals surface area (Å²) in [5, 5.41) is 6.28. The second-order valence-corrected chi connectivity index (χ2v) is 6.08. The maximum Gasteiger partial charge on any atom is 0.274 e. The normalized spacial score (nSPS) is 14.2. The Morgan fingerprint density at radius 1 is 1.12 bits per heavy atom. The van der Waals surface area contributed by atoms with Crippen LogP contribution in [0, 0.1) is 0 Å². The van der Waals surface area contributed by atoms with Gasteiger partial charge in [0, 0.05) is 12.1 Å². The van der Waals surface area contributed by atoms with Gasteiger partial charge in [0.2, 0.25) is 0 Å². The molecular formula is C19H23N3O3. The number of nitrogens with zero attached hydrogens (tertiary/aromatic N) is 1. The van der Waals surface area contributed by atoms with Crippen molar-refractivity contribution in [3.8, 4) is 11.5 Å². The minimum Gasteiger partial charge on any atom is -0.497 e. The number of pyridine rings is 1. The largest absolute Gasteiger partial charge is 0.497 e. The van der Waals surface area contributed by atoms with Crippen LogP contribution in [-0.2, 0) is 0 Å². The number of rotatable bonds is 6. The van der Waals surface area contributed by atoms with Crippen LogP contribution in [0.4, 0.5) is 11.4 Å². The van der Waals surface area contributed by atoms with Gasteiger partial charge in [0.1, 0.15) is 17.2 Å². The first-order chi connectivity index (χ1) is 12.2. The summed E-state index contributed by atoms with van der Waals surface area (Å²) in [6, 6.07) is 9.36. The first-order valence-electron chi connectivity index (χ1n) is 8.45. The van der Waals surface area contributed by atoms with Crippen LogP contribution in [0.25, 0.3) is 0 Å². The van der Waals surface area contributed by atoms with Crippen molar-refractivity contribution < 1.29 is 14.3 Å². The van der Waals surface area contributed by atoms with Gasteiger partial charge in [0.25, 0.3) is 5.91 Å². The molecule has 1 amide bonds. The molecule has 3 rings (SSSR count). The Morgan fingerprint density at radius 3 is 2.56 bits per heavy atom. The molecule has 1 heterocycles. The average Bonchev–Trinajstić information content (AvgIpc) is 3.15. The number of methoxy groups -OCH3 is 2. The van der Waals surface area contributed by atoms with Crippen molar-refractivity contribution in [2.75, 3.05) is 24.9 Å². The molecule has 1 aliphatic rings. The van der Waals surface area contributed by atoms with Crippen LogP contribution < -0.4 is 20.1 Å². The third-order valence-corrected chi connectivity index (χ3v) is 4.38. The fraction of sp³-hybridized carbons (Fsp3) is 0.368. The van der Waals surface area contributed by atoms with Crippen LogP contribution >= 0.6 is 0 Å². The zero-order valence-electron chi connectivity index (χ0n) is 14.5. The molecule has 0 unspecified atom stereocenters. The third kappa shape index (κ3) is 4.21. The van der Waals surface area contributed by atoms with E-state index in [1.807, 2.05) is 6.07 Å². The molecule has 6 heteroatoms. The van der Waals surface area contributed by atoms with Gasteiger partial charge in [-0.1, -0.05) is 12.8 Å². The molecular weight excluding hydrogens is 318 g/mol. The van der Waals surface area contributed by atoms with Gasteiger partial charge in [-0.05, 0) is 37.1 Å². The Bertz CT molecular complexity index is 725. The first kappa shape index (κ1) is 17.1. The van der Waals surface area contributed by atoms with Crippen LogP contribution in [0.1, 0.15) is 36.2 Å². The fourth-order valence-corrected chi connectivity index (χ4v) is 3.01. The second-order valence-electron chi connectivity index (χ2n) is 6.08. The highest BCUT2D eigenvalue weighted by Gasteiger charge is 2.15. The predicted molar refractivity (Wildman–Crippen MR) is 97.6 cm³/mol. The molecule has 0 aliphatic heterocycles. The number of carbonyl (C=O) groups excluding carboxylic acids is 1. The summed E-state index contributed by atoms with van der Waals surface area (Å²) in [4.78, 5) is 16.7. The van der Waals surface area contributed by atoms with Crippen LogP contribution in [0.5, 0.6) is 11.5 Å². The number of nitrogens with one attached hydrogen (secondary N) is 2. The summed E-state index contributed by atoms with van der Waals surface area (Å²) in [5.41, 5.74) is 1.88.